The molecule has 0 amide bonds. The van der Waals surface area contributed by atoms with E-state index in [9.17, 15) is 0 Å². The molecule has 0 aromatic heterocycles. The molecule has 0 aromatic rings. The highest BCUT2D eigenvalue weighted by Crippen LogP contribution is 2.19. The molecule has 0 aliphatic rings. The number of rotatable bonds is 10. The standard InChI is InChI=1S/C11H26P2/c1-3-5-8-12-10-7-11-13-9-6-4-2/h12-13H,3-11H2,1-2H3. The van der Waals surface area contributed by atoms with E-state index < -0.39 is 0 Å². The van der Waals surface area contributed by atoms with Crippen LogP contribution in [-0.2, 0) is 0 Å². The maximum atomic E-state index is 2.29. The van der Waals surface area contributed by atoms with Crippen LogP contribution in [0, 0.1) is 0 Å². The van der Waals surface area contributed by atoms with Crippen LogP contribution in [0.2, 0.25) is 0 Å². The van der Waals surface area contributed by atoms with Crippen molar-refractivity contribution < 1.29 is 0 Å². The summed E-state index contributed by atoms with van der Waals surface area (Å²) in [4.78, 5) is 0. The molecule has 13 heavy (non-hydrogen) atoms. The van der Waals surface area contributed by atoms with Gasteiger partial charge in [-0.05, 0) is 43.9 Å². The molecule has 2 atom stereocenters. The fourth-order valence-corrected chi connectivity index (χ4v) is 4.11. The molecule has 0 radical (unpaired) electrons. The van der Waals surface area contributed by atoms with Crippen LogP contribution in [0.25, 0.3) is 0 Å². The zero-order valence-corrected chi connectivity index (χ0v) is 11.4. The van der Waals surface area contributed by atoms with E-state index in [1.807, 2.05) is 0 Å². The second-order valence-electron chi connectivity index (χ2n) is 3.56. The molecule has 0 aliphatic heterocycles. The van der Waals surface area contributed by atoms with Crippen molar-refractivity contribution in [1.29, 1.82) is 0 Å². The first-order valence-corrected chi connectivity index (χ1v) is 8.66. The Kier molecular flexibility index (Phi) is 13.7. The highest BCUT2D eigenvalue weighted by Gasteiger charge is 1.90. The Morgan fingerprint density at radius 2 is 1.00 bits per heavy atom. The summed E-state index contributed by atoms with van der Waals surface area (Å²) in [6, 6.07) is 0. The Hall–Kier alpha value is 0.860. The van der Waals surface area contributed by atoms with Gasteiger partial charge in [0.15, 0.2) is 0 Å². The Morgan fingerprint density at radius 3 is 1.38 bits per heavy atom. The highest BCUT2D eigenvalue weighted by atomic mass is 31.1. The minimum atomic E-state index is 1.26. The van der Waals surface area contributed by atoms with Crippen molar-refractivity contribution in [3.8, 4) is 0 Å². The van der Waals surface area contributed by atoms with Gasteiger partial charge in [-0.25, -0.2) is 0 Å². The second kappa shape index (κ2) is 12.9. The summed E-state index contributed by atoms with van der Waals surface area (Å²) in [5.74, 6) is 0. The highest BCUT2D eigenvalue weighted by molar-refractivity contribution is 7.39. The summed E-state index contributed by atoms with van der Waals surface area (Å²) < 4.78 is 0. The Labute approximate surface area is 88.2 Å². The summed E-state index contributed by atoms with van der Waals surface area (Å²) in [5.41, 5.74) is 0. The van der Waals surface area contributed by atoms with Crippen molar-refractivity contribution in [2.75, 3.05) is 24.6 Å². The molecule has 0 fully saturated rings. The molecule has 0 aromatic carbocycles. The van der Waals surface area contributed by atoms with Gasteiger partial charge in [-0.3, -0.25) is 0 Å². The molecule has 80 valence electrons. The van der Waals surface area contributed by atoms with Crippen LogP contribution in [0.5, 0.6) is 0 Å². The number of unbranched alkanes of at least 4 members (excludes halogenated alkanes) is 2. The fraction of sp³-hybridized carbons (Fsp3) is 1.00. The zero-order valence-electron chi connectivity index (χ0n) is 9.36. The van der Waals surface area contributed by atoms with E-state index in [1.54, 1.807) is 0 Å². The maximum Gasteiger partial charge on any atom is -0.0350 e. The molecule has 0 nitrogen and oxygen atoms in total. The lowest BCUT2D eigenvalue weighted by Crippen LogP contribution is -1.84. The number of hydrogen-bond acceptors (Lipinski definition) is 0. The average molecular weight is 220 g/mol. The van der Waals surface area contributed by atoms with Crippen LogP contribution >= 0.6 is 17.2 Å². The monoisotopic (exact) mass is 220 g/mol. The van der Waals surface area contributed by atoms with Gasteiger partial charge in [-0.1, -0.05) is 26.7 Å². The molecule has 0 saturated carbocycles. The van der Waals surface area contributed by atoms with Crippen LogP contribution in [0.4, 0.5) is 0 Å². The Balaban J connectivity index is 2.76. The number of hydrogen-bond donors (Lipinski definition) is 0. The molecule has 0 heterocycles. The van der Waals surface area contributed by atoms with Crippen LogP contribution in [0.15, 0.2) is 0 Å². The van der Waals surface area contributed by atoms with Gasteiger partial charge in [0.25, 0.3) is 0 Å². The minimum Gasteiger partial charge on any atom is -0.122 e. The van der Waals surface area contributed by atoms with E-state index in [4.69, 9.17) is 0 Å². The summed E-state index contributed by atoms with van der Waals surface area (Å²) in [5, 5.41) is 0. The third-order valence-corrected chi connectivity index (χ3v) is 4.95. The molecule has 0 rings (SSSR count). The van der Waals surface area contributed by atoms with Gasteiger partial charge in [0.2, 0.25) is 0 Å². The molecule has 2 heteroatoms. The summed E-state index contributed by atoms with van der Waals surface area (Å²) in [6.07, 6.45) is 13.2. The lowest BCUT2D eigenvalue weighted by molar-refractivity contribution is 0.889. The molecule has 0 spiro atoms. The predicted octanol–water partition coefficient (Wildman–Crippen LogP) is 4.33. The predicted molar refractivity (Wildman–Crippen MR) is 70.5 cm³/mol. The lowest BCUT2D eigenvalue weighted by atomic mass is 10.4. The van der Waals surface area contributed by atoms with Gasteiger partial charge in [0.1, 0.15) is 0 Å². The van der Waals surface area contributed by atoms with Crippen LogP contribution in [0.3, 0.4) is 0 Å². The van der Waals surface area contributed by atoms with Gasteiger partial charge in [0, 0.05) is 0 Å². The molecule has 0 bridgehead atoms. The average Bonchev–Trinajstić information content (AvgIpc) is 2.16. The van der Waals surface area contributed by atoms with E-state index in [-0.39, 0.29) is 0 Å². The molecular formula is C11H26P2. The summed E-state index contributed by atoms with van der Waals surface area (Å²) in [6.45, 7) is 4.58. The van der Waals surface area contributed by atoms with Crippen LogP contribution in [-0.4, -0.2) is 24.6 Å². The van der Waals surface area contributed by atoms with Crippen LogP contribution < -0.4 is 0 Å². The SMILES string of the molecule is CCCCPCCCPCCCC. The van der Waals surface area contributed by atoms with Crippen molar-refractivity contribution in [2.24, 2.45) is 0 Å². The molecule has 0 aliphatic carbocycles. The van der Waals surface area contributed by atoms with Crippen molar-refractivity contribution in [1.82, 2.24) is 0 Å². The first kappa shape index (κ1) is 13.9. The van der Waals surface area contributed by atoms with Gasteiger partial charge in [-0.2, -0.15) is 0 Å². The maximum absolute atomic E-state index is 2.29. The third kappa shape index (κ3) is 12.9. The Morgan fingerprint density at radius 1 is 0.615 bits per heavy atom. The molecule has 0 N–H and O–H groups in total. The topological polar surface area (TPSA) is 0 Å². The van der Waals surface area contributed by atoms with Crippen molar-refractivity contribution >= 4 is 17.2 Å². The largest absolute Gasteiger partial charge is 0.122 e. The lowest BCUT2D eigenvalue weighted by Gasteiger charge is -2.01. The van der Waals surface area contributed by atoms with E-state index in [0.717, 1.165) is 0 Å². The van der Waals surface area contributed by atoms with Crippen molar-refractivity contribution in [3.05, 3.63) is 0 Å². The molecule has 0 saturated heterocycles. The van der Waals surface area contributed by atoms with Gasteiger partial charge >= 0.3 is 0 Å². The summed E-state index contributed by atoms with van der Waals surface area (Å²) in [7, 11) is 2.51. The minimum absolute atomic E-state index is 1.26. The fourth-order valence-electron chi connectivity index (χ4n) is 1.19. The van der Waals surface area contributed by atoms with E-state index >= 15 is 0 Å². The van der Waals surface area contributed by atoms with Crippen LogP contribution in [0.1, 0.15) is 46.0 Å². The quantitative estimate of drug-likeness (QED) is 0.379. The molecular weight excluding hydrogens is 194 g/mol. The summed E-state index contributed by atoms with van der Waals surface area (Å²) >= 11 is 0. The van der Waals surface area contributed by atoms with Crippen molar-refractivity contribution in [2.45, 2.75) is 46.0 Å². The molecule has 2 unspecified atom stereocenters. The second-order valence-corrected chi connectivity index (χ2v) is 6.56. The van der Waals surface area contributed by atoms with E-state index in [0.29, 0.717) is 0 Å². The van der Waals surface area contributed by atoms with Crippen molar-refractivity contribution in [3.63, 3.8) is 0 Å². The Bertz CT molecular complexity index is 74.2. The van der Waals surface area contributed by atoms with Gasteiger partial charge in [0.05, 0.1) is 0 Å². The van der Waals surface area contributed by atoms with Gasteiger partial charge < -0.3 is 0 Å². The first-order valence-electron chi connectivity index (χ1n) is 5.83. The third-order valence-electron chi connectivity index (χ3n) is 2.12. The smallest absolute Gasteiger partial charge is 0.0350 e. The van der Waals surface area contributed by atoms with E-state index in [1.165, 1.54) is 73.9 Å². The van der Waals surface area contributed by atoms with Gasteiger partial charge in [-0.15, -0.1) is 17.2 Å². The zero-order chi connectivity index (χ0) is 9.78. The van der Waals surface area contributed by atoms with E-state index in [2.05, 4.69) is 13.8 Å². The normalized spacial score (nSPS) is 12.5. The first-order chi connectivity index (χ1) is 6.41.